The van der Waals surface area contributed by atoms with Crippen molar-refractivity contribution in [1.29, 1.82) is 0 Å². The number of rotatable bonds is 12. The van der Waals surface area contributed by atoms with Crippen LogP contribution in [0.5, 0.6) is 5.75 Å². The van der Waals surface area contributed by atoms with Crippen LogP contribution in [0.2, 0.25) is 0 Å². The second-order valence-electron chi connectivity index (χ2n) is 8.77. The Morgan fingerprint density at radius 3 is 2.66 bits per heavy atom. The molecule has 35 heavy (non-hydrogen) atoms. The standard InChI is InChI=1S/C26H34N4O4S/c1-18-15-23(19(2)29(18)12-6-13-32-3)24(31)17-35-26-28-27-25(20-8-10-21(33-4)11-9-20)30(26)16-22-7-5-14-34-22/h8-11,15,22H,5-7,12-14,16-17H2,1-4H3. The van der Waals surface area contributed by atoms with E-state index in [4.69, 9.17) is 14.2 Å². The van der Waals surface area contributed by atoms with E-state index in [0.717, 1.165) is 71.7 Å². The number of aromatic nitrogens is 4. The zero-order chi connectivity index (χ0) is 24.8. The van der Waals surface area contributed by atoms with E-state index in [1.54, 1.807) is 14.2 Å². The summed E-state index contributed by atoms with van der Waals surface area (Å²) < 4.78 is 20.6. The molecule has 3 heterocycles. The maximum atomic E-state index is 13.2. The number of methoxy groups -OCH3 is 2. The number of hydrogen-bond donors (Lipinski definition) is 0. The molecule has 1 saturated heterocycles. The number of ether oxygens (including phenoxy) is 3. The highest BCUT2D eigenvalue weighted by Crippen LogP contribution is 2.28. The number of hydrogen-bond acceptors (Lipinski definition) is 7. The number of benzene rings is 1. The second-order valence-corrected chi connectivity index (χ2v) is 9.72. The largest absolute Gasteiger partial charge is 0.497 e. The van der Waals surface area contributed by atoms with Gasteiger partial charge in [-0.2, -0.15) is 0 Å². The van der Waals surface area contributed by atoms with Crippen LogP contribution < -0.4 is 4.74 Å². The minimum Gasteiger partial charge on any atom is -0.497 e. The summed E-state index contributed by atoms with van der Waals surface area (Å²) in [6.45, 7) is 7.05. The van der Waals surface area contributed by atoms with Gasteiger partial charge in [-0.3, -0.25) is 9.36 Å². The van der Waals surface area contributed by atoms with E-state index < -0.39 is 0 Å². The summed E-state index contributed by atoms with van der Waals surface area (Å²) in [4.78, 5) is 13.2. The fourth-order valence-corrected chi connectivity index (χ4v) is 5.34. The van der Waals surface area contributed by atoms with E-state index in [0.29, 0.717) is 18.9 Å². The van der Waals surface area contributed by atoms with Crippen LogP contribution in [0, 0.1) is 13.8 Å². The Balaban J connectivity index is 1.52. The van der Waals surface area contributed by atoms with Crippen molar-refractivity contribution in [2.45, 2.75) is 57.5 Å². The molecule has 4 rings (SSSR count). The normalized spacial score (nSPS) is 15.6. The van der Waals surface area contributed by atoms with Crippen molar-refractivity contribution in [1.82, 2.24) is 19.3 Å². The number of ketones is 1. The van der Waals surface area contributed by atoms with Gasteiger partial charge in [0, 0.05) is 49.4 Å². The van der Waals surface area contributed by atoms with Crippen molar-refractivity contribution in [3.63, 3.8) is 0 Å². The van der Waals surface area contributed by atoms with E-state index in [1.165, 1.54) is 11.8 Å². The van der Waals surface area contributed by atoms with Crippen LogP contribution in [0.4, 0.5) is 0 Å². The second kappa shape index (κ2) is 11.9. The molecule has 1 aromatic carbocycles. The first kappa shape index (κ1) is 25.5. The molecular formula is C26H34N4O4S. The maximum Gasteiger partial charge on any atom is 0.192 e. The molecule has 8 nitrogen and oxygen atoms in total. The Morgan fingerprint density at radius 2 is 1.97 bits per heavy atom. The number of carbonyl (C=O) groups excluding carboxylic acids is 1. The fourth-order valence-electron chi connectivity index (χ4n) is 4.51. The average molecular weight is 499 g/mol. The van der Waals surface area contributed by atoms with Crippen molar-refractivity contribution < 1.29 is 19.0 Å². The van der Waals surface area contributed by atoms with Crippen LogP contribution in [0.3, 0.4) is 0 Å². The molecule has 0 N–H and O–H groups in total. The zero-order valence-corrected chi connectivity index (χ0v) is 21.8. The van der Waals surface area contributed by atoms with Gasteiger partial charge in [-0.1, -0.05) is 11.8 Å². The molecule has 1 aliphatic rings. The minimum atomic E-state index is 0.0961. The van der Waals surface area contributed by atoms with Crippen molar-refractivity contribution in [3.05, 3.63) is 47.3 Å². The van der Waals surface area contributed by atoms with Crippen molar-refractivity contribution in [3.8, 4) is 17.1 Å². The van der Waals surface area contributed by atoms with E-state index in [-0.39, 0.29) is 11.9 Å². The Labute approximate surface area is 211 Å². The maximum absolute atomic E-state index is 13.2. The van der Waals surface area contributed by atoms with Gasteiger partial charge in [0.25, 0.3) is 0 Å². The zero-order valence-electron chi connectivity index (χ0n) is 21.0. The molecule has 0 amide bonds. The fraction of sp³-hybridized carbons (Fsp3) is 0.500. The van der Waals surface area contributed by atoms with E-state index >= 15 is 0 Å². The molecule has 2 aromatic heterocycles. The smallest absolute Gasteiger partial charge is 0.192 e. The molecule has 0 aliphatic carbocycles. The molecule has 0 spiro atoms. The highest BCUT2D eigenvalue weighted by Gasteiger charge is 2.23. The number of thioether (sulfide) groups is 1. The average Bonchev–Trinajstić information content (AvgIpc) is 3.59. The van der Waals surface area contributed by atoms with Gasteiger partial charge in [0.1, 0.15) is 5.75 Å². The highest BCUT2D eigenvalue weighted by atomic mass is 32.2. The molecule has 9 heteroatoms. The summed E-state index contributed by atoms with van der Waals surface area (Å²) in [5, 5.41) is 9.67. The molecule has 1 atom stereocenters. The third-order valence-electron chi connectivity index (χ3n) is 6.41. The summed E-state index contributed by atoms with van der Waals surface area (Å²) >= 11 is 1.43. The molecule has 1 unspecified atom stereocenters. The Morgan fingerprint density at radius 1 is 1.17 bits per heavy atom. The summed E-state index contributed by atoms with van der Waals surface area (Å²) in [6.07, 6.45) is 3.11. The van der Waals surface area contributed by atoms with Gasteiger partial charge < -0.3 is 18.8 Å². The highest BCUT2D eigenvalue weighted by molar-refractivity contribution is 7.99. The number of nitrogens with zero attached hydrogens (tertiary/aromatic N) is 4. The lowest BCUT2D eigenvalue weighted by atomic mass is 10.2. The van der Waals surface area contributed by atoms with Crippen LogP contribution in [-0.2, 0) is 22.6 Å². The summed E-state index contributed by atoms with van der Waals surface area (Å²) in [5.74, 6) is 1.96. The predicted molar refractivity (Wildman–Crippen MR) is 136 cm³/mol. The molecule has 1 aliphatic heterocycles. The Bertz CT molecular complexity index is 1130. The van der Waals surface area contributed by atoms with Crippen molar-refractivity contribution in [2.24, 2.45) is 0 Å². The lowest BCUT2D eigenvalue weighted by Crippen LogP contribution is -2.17. The summed E-state index contributed by atoms with van der Waals surface area (Å²) in [5.41, 5.74) is 3.82. The third-order valence-corrected chi connectivity index (χ3v) is 7.38. The first-order valence-corrected chi connectivity index (χ1v) is 13.0. The molecule has 0 radical (unpaired) electrons. The SMILES string of the molecule is COCCCn1c(C)cc(C(=O)CSc2nnc(-c3ccc(OC)cc3)n2CC2CCCO2)c1C. The van der Waals surface area contributed by atoms with Gasteiger partial charge in [0.2, 0.25) is 0 Å². The van der Waals surface area contributed by atoms with Crippen LogP contribution in [0.15, 0.2) is 35.5 Å². The van der Waals surface area contributed by atoms with E-state index in [2.05, 4.69) is 19.3 Å². The van der Waals surface area contributed by atoms with Gasteiger partial charge in [0.15, 0.2) is 16.8 Å². The quantitative estimate of drug-likeness (QED) is 0.206. The molecular weight excluding hydrogens is 464 g/mol. The van der Waals surface area contributed by atoms with Gasteiger partial charge in [0.05, 0.1) is 25.5 Å². The van der Waals surface area contributed by atoms with E-state index in [1.807, 2.05) is 44.2 Å². The lowest BCUT2D eigenvalue weighted by molar-refractivity contribution is 0.0953. The van der Waals surface area contributed by atoms with Crippen LogP contribution in [0.25, 0.3) is 11.4 Å². The third kappa shape index (κ3) is 5.97. The topological polar surface area (TPSA) is 80.4 Å². The predicted octanol–water partition coefficient (Wildman–Crippen LogP) is 4.56. The molecule has 0 saturated carbocycles. The first-order valence-electron chi connectivity index (χ1n) is 12.0. The van der Waals surface area contributed by atoms with Crippen molar-refractivity contribution >= 4 is 17.5 Å². The number of carbonyl (C=O) groups is 1. The first-order chi connectivity index (χ1) is 17.0. The number of aryl methyl sites for hydroxylation is 1. The lowest BCUT2D eigenvalue weighted by Gasteiger charge is -2.15. The molecule has 188 valence electrons. The summed E-state index contributed by atoms with van der Waals surface area (Å²) in [7, 11) is 3.36. The van der Waals surface area contributed by atoms with E-state index in [9.17, 15) is 4.79 Å². The van der Waals surface area contributed by atoms with Crippen LogP contribution in [-0.4, -0.2) is 64.4 Å². The van der Waals surface area contributed by atoms with Gasteiger partial charge >= 0.3 is 0 Å². The Kier molecular flexibility index (Phi) is 8.64. The molecule has 3 aromatic rings. The van der Waals surface area contributed by atoms with Gasteiger partial charge in [-0.05, 0) is 63.4 Å². The van der Waals surface area contributed by atoms with Gasteiger partial charge in [-0.15, -0.1) is 10.2 Å². The molecule has 0 bridgehead atoms. The summed E-state index contributed by atoms with van der Waals surface area (Å²) in [6, 6.07) is 9.78. The monoisotopic (exact) mass is 498 g/mol. The van der Waals surface area contributed by atoms with Crippen LogP contribution >= 0.6 is 11.8 Å². The molecule has 1 fully saturated rings. The number of Topliss-reactive ketones (excluding diaryl/α,β-unsaturated/α-hetero) is 1. The Hall–Kier alpha value is -2.62. The minimum absolute atomic E-state index is 0.0961. The van der Waals surface area contributed by atoms with Crippen molar-refractivity contribution in [2.75, 3.05) is 33.2 Å². The van der Waals surface area contributed by atoms with Gasteiger partial charge in [-0.25, -0.2) is 0 Å². The van der Waals surface area contributed by atoms with Crippen LogP contribution in [0.1, 0.15) is 41.0 Å².